The smallest absolute Gasteiger partial charge is 0.176 e. The molecular weight excluding hydrogens is 168 g/mol. The van der Waals surface area contributed by atoms with E-state index >= 15 is 0 Å². The standard InChI is InChI=1S/C10H16O3/c1-7-4-5-9(12-3)13-10(7)8(2)6-11/h4-10H,1-3H3/t7-,8-,9?,10-/m0/s1. The Morgan fingerprint density at radius 2 is 2.23 bits per heavy atom. The second-order valence-electron chi connectivity index (χ2n) is 3.44. The zero-order valence-electron chi connectivity index (χ0n) is 8.27. The highest BCUT2D eigenvalue weighted by atomic mass is 16.7. The molecule has 0 N–H and O–H groups in total. The molecule has 1 heterocycles. The summed E-state index contributed by atoms with van der Waals surface area (Å²) in [6.45, 7) is 3.90. The summed E-state index contributed by atoms with van der Waals surface area (Å²) in [4.78, 5) is 10.6. The molecule has 1 aliphatic rings. The van der Waals surface area contributed by atoms with E-state index in [4.69, 9.17) is 9.47 Å². The number of carbonyl (C=O) groups is 1. The number of aldehydes is 1. The van der Waals surface area contributed by atoms with E-state index in [0.29, 0.717) is 0 Å². The van der Waals surface area contributed by atoms with Crippen LogP contribution in [-0.2, 0) is 14.3 Å². The lowest BCUT2D eigenvalue weighted by molar-refractivity contribution is -0.159. The van der Waals surface area contributed by atoms with E-state index in [-0.39, 0.29) is 24.2 Å². The van der Waals surface area contributed by atoms with Gasteiger partial charge >= 0.3 is 0 Å². The summed E-state index contributed by atoms with van der Waals surface area (Å²) in [7, 11) is 1.59. The van der Waals surface area contributed by atoms with Crippen molar-refractivity contribution in [3.05, 3.63) is 12.2 Å². The van der Waals surface area contributed by atoms with E-state index in [1.54, 1.807) is 7.11 Å². The van der Waals surface area contributed by atoms with Gasteiger partial charge in [0, 0.05) is 18.9 Å². The molecule has 0 saturated carbocycles. The van der Waals surface area contributed by atoms with E-state index < -0.39 is 0 Å². The highest BCUT2D eigenvalue weighted by molar-refractivity contribution is 5.54. The van der Waals surface area contributed by atoms with E-state index in [1.807, 2.05) is 26.0 Å². The summed E-state index contributed by atoms with van der Waals surface area (Å²) >= 11 is 0. The number of methoxy groups -OCH3 is 1. The number of rotatable bonds is 3. The van der Waals surface area contributed by atoms with Gasteiger partial charge in [-0.3, -0.25) is 0 Å². The fraction of sp³-hybridized carbons (Fsp3) is 0.700. The molecule has 1 rings (SSSR count). The third kappa shape index (κ3) is 2.39. The first-order chi connectivity index (χ1) is 6.19. The second kappa shape index (κ2) is 4.53. The van der Waals surface area contributed by atoms with Gasteiger partial charge in [-0.05, 0) is 6.08 Å². The molecule has 0 spiro atoms. The number of carbonyl (C=O) groups excluding carboxylic acids is 1. The molecule has 0 aromatic rings. The molecule has 1 unspecified atom stereocenters. The quantitative estimate of drug-likeness (QED) is 0.491. The first-order valence-electron chi connectivity index (χ1n) is 4.51. The van der Waals surface area contributed by atoms with Crippen molar-refractivity contribution in [3.63, 3.8) is 0 Å². The van der Waals surface area contributed by atoms with Crippen molar-refractivity contribution in [2.24, 2.45) is 11.8 Å². The van der Waals surface area contributed by atoms with Gasteiger partial charge in [-0.1, -0.05) is 19.9 Å². The second-order valence-corrected chi connectivity index (χ2v) is 3.44. The Morgan fingerprint density at radius 1 is 1.54 bits per heavy atom. The zero-order valence-corrected chi connectivity index (χ0v) is 8.27. The lowest BCUT2D eigenvalue weighted by atomic mass is 9.92. The van der Waals surface area contributed by atoms with Crippen LogP contribution in [0.5, 0.6) is 0 Å². The van der Waals surface area contributed by atoms with Gasteiger partial charge in [-0.2, -0.15) is 0 Å². The third-order valence-electron chi connectivity index (χ3n) is 2.35. The van der Waals surface area contributed by atoms with Crippen molar-refractivity contribution in [2.45, 2.75) is 26.2 Å². The minimum atomic E-state index is -0.302. The van der Waals surface area contributed by atoms with Crippen LogP contribution in [0.25, 0.3) is 0 Å². The molecule has 0 amide bonds. The van der Waals surface area contributed by atoms with Gasteiger partial charge in [0.05, 0.1) is 6.10 Å². The van der Waals surface area contributed by atoms with Gasteiger partial charge in [-0.15, -0.1) is 0 Å². The third-order valence-corrected chi connectivity index (χ3v) is 2.35. The van der Waals surface area contributed by atoms with Gasteiger partial charge in [0.25, 0.3) is 0 Å². The molecule has 13 heavy (non-hydrogen) atoms. The largest absolute Gasteiger partial charge is 0.352 e. The topological polar surface area (TPSA) is 35.5 Å². The van der Waals surface area contributed by atoms with Crippen molar-refractivity contribution in [3.8, 4) is 0 Å². The molecule has 0 aromatic carbocycles. The molecule has 0 aliphatic carbocycles. The Morgan fingerprint density at radius 3 is 2.77 bits per heavy atom. The predicted molar refractivity (Wildman–Crippen MR) is 49.2 cm³/mol. The van der Waals surface area contributed by atoms with E-state index in [1.165, 1.54) is 0 Å². The normalized spacial score (nSPS) is 35.8. The Labute approximate surface area is 78.7 Å². The Bertz CT molecular complexity index is 200. The van der Waals surface area contributed by atoms with Crippen LogP contribution in [-0.4, -0.2) is 25.8 Å². The summed E-state index contributed by atoms with van der Waals surface area (Å²) in [5, 5.41) is 0. The molecule has 0 radical (unpaired) electrons. The SMILES string of the molecule is COC1C=C[C@H](C)[C@@H]([C@@H](C)C=O)O1. The number of ether oxygens (including phenoxy) is 2. The molecule has 74 valence electrons. The summed E-state index contributed by atoms with van der Waals surface area (Å²) in [5.74, 6) is 0.184. The molecule has 3 heteroatoms. The van der Waals surface area contributed by atoms with Crippen molar-refractivity contribution in [1.82, 2.24) is 0 Å². The maximum absolute atomic E-state index is 10.6. The molecular formula is C10H16O3. The maximum atomic E-state index is 10.6. The van der Waals surface area contributed by atoms with Crippen molar-refractivity contribution < 1.29 is 14.3 Å². The molecule has 0 bridgehead atoms. The Hall–Kier alpha value is -0.670. The molecule has 0 fully saturated rings. The molecule has 3 nitrogen and oxygen atoms in total. The average molecular weight is 184 g/mol. The fourth-order valence-corrected chi connectivity index (χ4v) is 1.51. The predicted octanol–water partition coefficient (Wildman–Crippen LogP) is 1.39. The summed E-state index contributed by atoms with van der Waals surface area (Å²) < 4.78 is 10.6. The summed E-state index contributed by atoms with van der Waals surface area (Å²) in [5.41, 5.74) is 0. The zero-order chi connectivity index (χ0) is 9.84. The average Bonchev–Trinajstić information content (AvgIpc) is 2.17. The Balaban J connectivity index is 2.64. The highest BCUT2D eigenvalue weighted by Crippen LogP contribution is 2.23. The fourth-order valence-electron chi connectivity index (χ4n) is 1.51. The van der Waals surface area contributed by atoms with Crippen LogP contribution in [0.1, 0.15) is 13.8 Å². The first-order valence-corrected chi connectivity index (χ1v) is 4.51. The van der Waals surface area contributed by atoms with Crippen LogP contribution < -0.4 is 0 Å². The molecule has 0 saturated heterocycles. The van der Waals surface area contributed by atoms with E-state index in [2.05, 4.69) is 0 Å². The number of hydrogen-bond acceptors (Lipinski definition) is 3. The minimum Gasteiger partial charge on any atom is -0.352 e. The molecule has 1 aliphatic heterocycles. The lowest BCUT2D eigenvalue weighted by Gasteiger charge is -2.31. The molecule has 4 atom stereocenters. The van der Waals surface area contributed by atoms with Crippen LogP contribution in [0.3, 0.4) is 0 Å². The van der Waals surface area contributed by atoms with E-state index in [0.717, 1.165) is 6.29 Å². The molecule has 0 aromatic heterocycles. The van der Waals surface area contributed by atoms with Gasteiger partial charge in [-0.25, -0.2) is 0 Å². The summed E-state index contributed by atoms with van der Waals surface area (Å²) in [6, 6.07) is 0. The van der Waals surface area contributed by atoms with Crippen LogP contribution in [0.2, 0.25) is 0 Å². The van der Waals surface area contributed by atoms with Crippen LogP contribution in [0.4, 0.5) is 0 Å². The van der Waals surface area contributed by atoms with Gasteiger partial charge in [0.1, 0.15) is 6.29 Å². The highest BCUT2D eigenvalue weighted by Gasteiger charge is 2.28. The lowest BCUT2D eigenvalue weighted by Crippen LogP contribution is -2.36. The van der Waals surface area contributed by atoms with Crippen molar-refractivity contribution >= 4 is 6.29 Å². The minimum absolute atomic E-state index is 0.0625. The van der Waals surface area contributed by atoms with Gasteiger partial charge in [0.15, 0.2) is 6.29 Å². The van der Waals surface area contributed by atoms with Crippen molar-refractivity contribution in [2.75, 3.05) is 7.11 Å². The van der Waals surface area contributed by atoms with Gasteiger partial charge < -0.3 is 14.3 Å². The first kappa shape index (κ1) is 10.4. The maximum Gasteiger partial charge on any atom is 0.176 e. The summed E-state index contributed by atoms with van der Waals surface area (Å²) in [6.07, 6.45) is 4.46. The Kier molecular flexibility index (Phi) is 3.63. The van der Waals surface area contributed by atoms with Crippen molar-refractivity contribution in [1.29, 1.82) is 0 Å². The van der Waals surface area contributed by atoms with Crippen LogP contribution >= 0.6 is 0 Å². The number of hydrogen-bond donors (Lipinski definition) is 0. The van der Waals surface area contributed by atoms with Gasteiger partial charge in [0.2, 0.25) is 0 Å². The van der Waals surface area contributed by atoms with E-state index in [9.17, 15) is 4.79 Å². The van der Waals surface area contributed by atoms with Crippen LogP contribution in [0, 0.1) is 11.8 Å². The van der Waals surface area contributed by atoms with Crippen LogP contribution in [0.15, 0.2) is 12.2 Å². The monoisotopic (exact) mass is 184 g/mol.